The SMILES string of the molecule is COc1cc(F)ccc1-c1ccnc2[nH]c(C3=CCN(CC(=O)O)CC3)cc12. The van der Waals surface area contributed by atoms with Gasteiger partial charge in [0.2, 0.25) is 0 Å². The molecule has 4 rings (SSSR count). The second-order valence-corrected chi connectivity index (χ2v) is 6.76. The Morgan fingerprint density at radius 1 is 1.32 bits per heavy atom. The molecule has 0 saturated heterocycles. The molecular weight excluding hydrogens is 361 g/mol. The summed E-state index contributed by atoms with van der Waals surface area (Å²) in [5.74, 6) is -0.695. The van der Waals surface area contributed by atoms with Gasteiger partial charge < -0.3 is 14.8 Å². The number of halogens is 1. The van der Waals surface area contributed by atoms with E-state index >= 15 is 0 Å². The maximum atomic E-state index is 13.6. The van der Waals surface area contributed by atoms with E-state index in [0.29, 0.717) is 18.8 Å². The topological polar surface area (TPSA) is 78.5 Å². The maximum Gasteiger partial charge on any atom is 0.317 e. The van der Waals surface area contributed by atoms with E-state index in [9.17, 15) is 9.18 Å². The number of carbonyl (C=O) groups is 1. The Hall–Kier alpha value is -3.19. The van der Waals surface area contributed by atoms with Crippen molar-refractivity contribution in [2.24, 2.45) is 0 Å². The highest BCUT2D eigenvalue weighted by Crippen LogP contribution is 2.36. The molecule has 3 heterocycles. The van der Waals surface area contributed by atoms with Crippen LogP contribution in [0.1, 0.15) is 12.1 Å². The first kappa shape index (κ1) is 18.2. The fourth-order valence-corrected chi connectivity index (χ4v) is 3.61. The van der Waals surface area contributed by atoms with Crippen LogP contribution in [-0.4, -0.2) is 52.7 Å². The molecule has 0 spiro atoms. The molecule has 1 aliphatic heterocycles. The summed E-state index contributed by atoms with van der Waals surface area (Å²) in [6.45, 7) is 1.34. The summed E-state index contributed by atoms with van der Waals surface area (Å²) in [7, 11) is 1.52. The van der Waals surface area contributed by atoms with Gasteiger partial charge in [-0.1, -0.05) is 6.08 Å². The van der Waals surface area contributed by atoms with Crippen molar-refractivity contribution in [2.45, 2.75) is 6.42 Å². The van der Waals surface area contributed by atoms with Gasteiger partial charge in [-0.05, 0) is 41.8 Å². The van der Waals surface area contributed by atoms with Gasteiger partial charge in [-0.3, -0.25) is 9.69 Å². The average molecular weight is 381 g/mol. The van der Waals surface area contributed by atoms with E-state index in [1.807, 2.05) is 17.0 Å². The van der Waals surface area contributed by atoms with Crippen molar-refractivity contribution in [3.05, 3.63) is 54.1 Å². The molecule has 0 amide bonds. The van der Waals surface area contributed by atoms with E-state index in [1.165, 1.54) is 19.2 Å². The molecule has 0 radical (unpaired) electrons. The third-order valence-electron chi connectivity index (χ3n) is 4.98. The quantitative estimate of drug-likeness (QED) is 0.707. The van der Waals surface area contributed by atoms with Crippen molar-refractivity contribution in [1.82, 2.24) is 14.9 Å². The minimum atomic E-state index is -0.815. The fraction of sp³-hybridized carbons (Fsp3) is 0.238. The molecule has 7 heteroatoms. The van der Waals surface area contributed by atoms with E-state index in [0.717, 1.165) is 39.8 Å². The number of H-pyrrole nitrogens is 1. The lowest BCUT2D eigenvalue weighted by Gasteiger charge is -2.24. The van der Waals surface area contributed by atoms with E-state index in [2.05, 4.69) is 16.0 Å². The molecule has 28 heavy (non-hydrogen) atoms. The highest BCUT2D eigenvalue weighted by atomic mass is 19.1. The zero-order valence-corrected chi connectivity index (χ0v) is 15.4. The van der Waals surface area contributed by atoms with Crippen LogP contribution >= 0.6 is 0 Å². The smallest absolute Gasteiger partial charge is 0.317 e. The number of hydrogen-bond acceptors (Lipinski definition) is 4. The molecule has 6 nitrogen and oxygen atoms in total. The molecule has 0 bridgehead atoms. The Morgan fingerprint density at radius 3 is 2.89 bits per heavy atom. The van der Waals surface area contributed by atoms with Gasteiger partial charge in [0.05, 0.1) is 13.7 Å². The Bertz CT molecular complexity index is 1070. The van der Waals surface area contributed by atoms with E-state index in [-0.39, 0.29) is 12.4 Å². The Balaban J connectivity index is 1.71. The summed E-state index contributed by atoms with van der Waals surface area (Å²) in [6, 6.07) is 8.42. The van der Waals surface area contributed by atoms with Gasteiger partial charge >= 0.3 is 5.97 Å². The summed E-state index contributed by atoms with van der Waals surface area (Å²) in [5.41, 5.74) is 4.55. The lowest BCUT2D eigenvalue weighted by Crippen LogP contribution is -2.33. The molecule has 0 fully saturated rings. The number of methoxy groups -OCH3 is 1. The monoisotopic (exact) mass is 381 g/mol. The number of carboxylic acids is 1. The average Bonchev–Trinajstić information content (AvgIpc) is 3.12. The zero-order valence-electron chi connectivity index (χ0n) is 15.4. The molecule has 2 aromatic heterocycles. The Kier molecular flexibility index (Phi) is 4.83. The van der Waals surface area contributed by atoms with Gasteiger partial charge in [0.25, 0.3) is 0 Å². The standard InChI is InChI=1S/C21H20FN3O3/c1-28-19-10-14(22)2-3-16(19)15-4-7-23-21-17(15)11-18(24-21)13-5-8-25(9-6-13)12-20(26)27/h2-5,7,10-11H,6,8-9,12H2,1H3,(H,23,24)(H,26,27). The van der Waals surface area contributed by atoms with Crippen LogP contribution in [0, 0.1) is 5.82 Å². The molecule has 2 N–H and O–H groups in total. The summed E-state index contributed by atoms with van der Waals surface area (Å²) in [6.07, 6.45) is 4.52. The van der Waals surface area contributed by atoms with Crippen LogP contribution in [0.15, 0.2) is 42.6 Å². The number of pyridine rings is 1. The predicted octanol–water partition coefficient (Wildman–Crippen LogP) is 3.55. The number of aliphatic carboxylic acids is 1. The number of aromatic nitrogens is 2. The molecular formula is C21H20FN3O3. The van der Waals surface area contributed by atoms with Crippen LogP contribution in [0.4, 0.5) is 4.39 Å². The molecule has 144 valence electrons. The molecule has 0 saturated carbocycles. The number of nitrogens with one attached hydrogen (secondary N) is 1. The number of ether oxygens (including phenoxy) is 1. The van der Waals surface area contributed by atoms with Crippen LogP contribution in [-0.2, 0) is 4.79 Å². The lowest BCUT2D eigenvalue weighted by molar-refractivity contribution is -0.138. The van der Waals surface area contributed by atoms with Crippen molar-refractivity contribution in [3.63, 3.8) is 0 Å². The first-order valence-electron chi connectivity index (χ1n) is 9.00. The second kappa shape index (κ2) is 7.44. The number of nitrogens with zero attached hydrogens (tertiary/aromatic N) is 2. The number of aromatic amines is 1. The Labute approximate surface area is 161 Å². The zero-order chi connectivity index (χ0) is 19.7. The van der Waals surface area contributed by atoms with Gasteiger partial charge in [0.1, 0.15) is 17.2 Å². The lowest BCUT2D eigenvalue weighted by atomic mass is 10.0. The predicted molar refractivity (Wildman–Crippen MR) is 105 cm³/mol. The number of fused-ring (bicyclic) bond motifs is 1. The van der Waals surface area contributed by atoms with Gasteiger partial charge in [-0.15, -0.1) is 0 Å². The van der Waals surface area contributed by atoms with Crippen molar-refractivity contribution in [3.8, 4) is 16.9 Å². The van der Waals surface area contributed by atoms with Gasteiger partial charge in [0, 0.05) is 42.0 Å². The normalized spacial score (nSPS) is 14.9. The second-order valence-electron chi connectivity index (χ2n) is 6.76. The molecule has 0 atom stereocenters. The first-order valence-corrected chi connectivity index (χ1v) is 9.00. The Morgan fingerprint density at radius 2 is 2.18 bits per heavy atom. The summed E-state index contributed by atoms with van der Waals surface area (Å²) < 4.78 is 18.9. The van der Waals surface area contributed by atoms with Crippen LogP contribution in [0.5, 0.6) is 5.75 Å². The largest absolute Gasteiger partial charge is 0.496 e. The van der Waals surface area contributed by atoms with Crippen LogP contribution in [0.25, 0.3) is 27.7 Å². The van der Waals surface area contributed by atoms with Crippen LogP contribution in [0.2, 0.25) is 0 Å². The van der Waals surface area contributed by atoms with Gasteiger partial charge in [0.15, 0.2) is 0 Å². The van der Waals surface area contributed by atoms with Crippen molar-refractivity contribution < 1.29 is 19.0 Å². The van der Waals surface area contributed by atoms with E-state index in [1.54, 1.807) is 12.3 Å². The van der Waals surface area contributed by atoms with Gasteiger partial charge in [-0.25, -0.2) is 9.37 Å². The number of hydrogen-bond donors (Lipinski definition) is 2. The molecule has 1 aliphatic rings. The minimum absolute atomic E-state index is 0.0482. The first-order chi connectivity index (χ1) is 13.5. The summed E-state index contributed by atoms with van der Waals surface area (Å²) >= 11 is 0. The highest BCUT2D eigenvalue weighted by Gasteiger charge is 2.18. The number of benzene rings is 1. The maximum absolute atomic E-state index is 13.6. The number of rotatable bonds is 5. The van der Waals surface area contributed by atoms with Crippen molar-refractivity contribution >= 4 is 22.6 Å². The molecule has 0 unspecified atom stereocenters. The van der Waals surface area contributed by atoms with Crippen LogP contribution in [0.3, 0.4) is 0 Å². The molecule has 1 aromatic carbocycles. The highest BCUT2D eigenvalue weighted by molar-refractivity contribution is 5.96. The molecule has 0 aliphatic carbocycles. The van der Waals surface area contributed by atoms with E-state index < -0.39 is 5.97 Å². The summed E-state index contributed by atoms with van der Waals surface area (Å²) in [5, 5.41) is 9.86. The number of carboxylic acid groups (broad SMARTS) is 1. The van der Waals surface area contributed by atoms with Crippen molar-refractivity contribution in [2.75, 3.05) is 26.7 Å². The minimum Gasteiger partial charge on any atom is -0.496 e. The van der Waals surface area contributed by atoms with Crippen molar-refractivity contribution in [1.29, 1.82) is 0 Å². The summed E-state index contributed by atoms with van der Waals surface area (Å²) in [4.78, 5) is 20.5. The van der Waals surface area contributed by atoms with E-state index in [4.69, 9.17) is 9.84 Å². The fourth-order valence-electron chi connectivity index (χ4n) is 3.61. The van der Waals surface area contributed by atoms with Gasteiger partial charge in [-0.2, -0.15) is 0 Å². The van der Waals surface area contributed by atoms with Crippen LogP contribution < -0.4 is 4.74 Å². The molecule has 3 aromatic rings. The third-order valence-corrected chi connectivity index (χ3v) is 4.98. The third kappa shape index (κ3) is 3.48.